The topological polar surface area (TPSA) is 87.0 Å². The molecule has 0 atom stereocenters. The third kappa shape index (κ3) is 4.83. The Morgan fingerprint density at radius 2 is 2.04 bits per heavy atom. The highest BCUT2D eigenvalue weighted by atomic mass is 79.9. The van der Waals surface area contributed by atoms with Crippen LogP contribution in [-0.4, -0.2) is 18.0 Å². The predicted molar refractivity (Wildman–Crippen MR) is 90.9 cm³/mol. The van der Waals surface area contributed by atoms with Gasteiger partial charge in [0.25, 0.3) is 5.91 Å². The number of ether oxygens (including phenoxy) is 1. The summed E-state index contributed by atoms with van der Waals surface area (Å²) in [5, 5.41) is 14.6. The number of nitrogens with one attached hydrogen (secondary N) is 2. The van der Waals surface area contributed by atoms with Crippen molar-refractivity contribution in [3.05, 3.63) is 58.8 Å². The fraction of sp³-hybridized carbons (Fsp3) is 0.0625. The van der Waals surface area contributed by atoms with Gasteiger partial charge >= 0.3 is 0 Å². The molecule has 2 N–H and O–H groups in total. The fourth-order valence-corrected chi connectivity index (χ4v) is 1.86. The molecule has 1 amide bonds. The van der Waals surface area contributed by atoms with E-state index in [0.717, 1.165) is 4.47 Å². The smallest absolute Gasteiger partial charge is 0.267 e. The number of halogens is 1. The standard InChI is InChI=1S/C16H13BrN4O2/c1-23-14-5-3-13(4-6-14)21-16(22)11(8-18)9-19-15-7-2-12(17)10-20-15/h2-7,9-10H,1H3,(H,19,20)(H,21,22)/b11-9-. The first kappa shape index (κ1) is 16.5. The summed E-state index contributed by atoms with van der Waals surface area (Å²) in [6.45, 7) is 0. The molecule has 0 radical (unpaired) electrons. The third-order valence-corrected chi connectivity index (χ3v) is 3.27. The first-order valence-electron chi connectivity index (χ1n) is 6.56. The zero-order valence-electron chi connectivity index (χ0n) is 12.2. The molecular formula is C16H13BrN4O2. The number of nitriles is 1. The van der Waals surface area contributed by atoms with E-state index in [-0.39, 0.29) is 5.57 Å². The Bertz CT molecular complexity index is 749. The monoisotopic (exact) mass is 372 g/mol. The van der Waals surface area contributed by atoms with Gasteiger partial charge in [-0.1, -0.05) is 0 Å². The summed E-state index contributed by atoms with van der Waals surface area (Å²) in [6.07, 6.45) is 2.93. The van der Waals surface area contributed by atoms with Gasteiger partial charge in [-0.2, -0.15) is 5.26 Å². The predicted octanol–water partition coefficient (Wildman–Crippen LogP) is 3.31. The number of nitrogens with zero attached hydrogens (tertiary/aromatic N) is 2. The molecule has 1 aromatic heterocycles. The first-order valence-corrected chi connectivity index (χ1v) is 7.35. The zero-order valence-corrected chi connectivity index (χ0v) is 13.8. The number of aromatic nitrogens is 1. The van der Waals surface area contributed by atoms with E-state index in [2.05, 4.69) is 31.5 Å². The Kier molecular flexibility index (Phi) is 5.72. The molecule has 1 aromatic carbocycles. The molecule has 0 bridgehead atoms. The van der Waals surface area contributed by atoms with Crippen LogP contribution in [0, 0.1) is 11.3 Å². The Morgan fingerprint density at radius 1 is 1.30 bits per heavy atom. The number of methoxy groups -OCH3 is 1. The minimum absolute atomic E-state index is 0.0643. The van der Waals surface area contributed by atoms with E-state index in [9.17, 15) is 4.79 Å². The summed E-state index contributed by atoms with van der Waals surface area (Å²) < 4.78 is 5.88. The van der Waals surface area contributed by atoms with Crippen molar-refractivity contribution in [1.29, 1.82) is 5.26 Å². The van der Waals surface area contributed by atoms with Crippen LogP contribution in [-0.2, 0) is 4.79 Å². The quantitative estimate of drug-likeness (QED) is 0.620. The second kappa shape index (κ2) is 7.96. The largest absolute Gasteiger partial charge is 0.497 e. The van der Waals surface area contributed by atoms with Gasteiger partial charge in [-0.05, 0) is 52.3 Å². The van der Waals surface area contributed by atoms with Gasteiger partial charge in [-0.15, -0.1) is 0 Å². The van der Waals surface area contributed by atoms with E-state index in [4.69, 9.17) is 10.00 Å². The van der Waals surface area contributed by atoms with E-state index in [1.54, 1.807) is 49.7 Å². The van der Waals surface area contributed by atoms with E-state index in [1.165, 1.54) is 6.20 Å². The lowest BCUT2D eigenvalue weighted by atomic mass is 10.2. The second-order valence-corrected chi connectivity index (χ2v) is 5.27. The molecule has 23 heavy (non-hydrogen) atoms. The van der Waals surface area contributed by atoms with Gasteiger partial charge in [0.1, 0.15) is 23.2 Å². The minimum atomic E-state index is -0.512. The number of rotatable bonds is 5. The van der Waals surface area contributed by atoms with E-state index in [0.29, 0.717) is 17.3 Å². The molecule has 116 valence electrons. The fourth-order valence-electron chi connectivity index (χ4n) is 1.63. The van der Waals surface area contributed by atoms with E-state index in [1.807, 2.05) is 6.07 Å². The summed E-state index contributed by atoms with van der Waals surface area (Å²) in [5.41, 5.74) is 0.504. The van der Waals surface area contributed by atoms with Gasteiger partial charge < -0.3 is 15.4 Å². The first-order chi connectivity index (χ1) is 11.1. The van der Waals surface area contributed by atoms with Crippen molar-refractivity contribution >= 4 is 33.3 Å². The molecule has 0 aliphatic rings. The molecule has 0 fully saturated rings. The lowest BCUT2D eigenvalue weighted by molar-refractivity contribution is -0.112. The summed E-state index contributed by atoms with van der Waals surface area (Å²) in [6, 6.07) is 12.2. The van der Waals surface area contributed by atoms with E-state index < -0.39 is 5.91 Å². The lowest BCUT2D eigenvalue weighted by Crippen LogP contribution is -2.14. The molecule has 0 aliphatic heterocycles. The molecule has 2 rings (SSSR count). The number of benzene rings is 1. The van der Waals surface area contributed by atoms with Gasteiger partial charge in [0.05, 0.1) is 7.11 Å². The van der Waals surface area contributed by atoms with Crippen molar-refractivity contribution in [2.45, 2.75) is 0 Å². The minimum Gasteiger partial charge on any atom is -0.497 e. The van der Waals surface area contributed by atoms with Crippen LogP contribution in [0.4, 0.5) is 11.5 Å². The molecule has 0 aliphatic carbocycles. The molecule has 7 heteroatoms. The van der Waals surface area contributed by atoms with Crippen molar-refractivity contribution in [3.63, 3.8) is 0 Å². The SMILES string of the molecule is COc1ccc(NC(=O)/C(C#N)=C\Nc2ccc(Br)cn2)cc1. The number of hydrogen-bond acceptors (Lipinski definition) is 5. The van der Waals surface area contributed by atoms with Crippen LogP contribution in [0.1, 0.15) is 0 Å². The van der Waals surface area contributed by atoms with Crippen molar-refractivity contribution in [2.24, 2.45) is 0 Å². The van der Waals surface area contributed by atoms with Crippen LogP contribution in [0.3, 0.4) is 0 Å². The van der Waals surface area contributed by atoms with Crippen LogP contribution in [0.5, 0.6) is 5.75 Å². The molecule has 0 saturated carbocycles. The Morgan fingerprint density at radius 3 is 2.61 bits per heavy atom. The normalized spacial score (nSPS) is 10.6. The average molecular weight is 373 g/mol. The number of hydrogen-bond donors (Lipinski definition) is 2. The van der Waals surface area contributed by atoms with Crippen LogP contribution in [0.15, 0.2) is 58.8 Å². The van der Waals surface area contributed by atoms with Crippen LogP contribution in [0.25, 0.3) is 0 Å². The summed E-state index contributed by atoms with van der Waals surface area (Å²) in [5.74, 6) is 0.697. The maximum Gasteiger partial charge on any atom is 0.267 e. The van der Waals surface area contributed by atoms with Crippen LogP contribution < -0.4 is 15.4 Å². The molecular weight excluding hydrogens is 360 g/mol. The Hall–Kier alpha value is -2.85. The number of carbonyl (C=O) groups excluding carboxylic acids is 1. The van der Waals surface area contributed by atoms with Crippen molar-refractivity contribution in [3.8, 4) is 11.8 Å². The summed E-state index contributed by atoms with van der Waals surface area (Å²) in [7, 11) is 1.56. The summed E-state index contributed by atoms with van der Waals surface area (Å²) >= 11 is 3.28. The molecule has 6 nitrogen and oxygen atoms in total. The third-order valence-electron chi connectivity index (χ3n) is 2.80. The zero-order chi connectivity index (χ0) is 16.7. The van der Waals surface area contributed by atoms with Crippen molar-refractivity contribution in [2.75, 3.05) is 17.7 Å². The molecule has 1 heterocycles. The number of amides is 1. The van der Waals surface area contributed by atoms with Crippen LogP contribution >= 0.6 is 15.9 Å². The maximum atomic E-state index is 12.1. The highest BCUT2D eigenvalue weighted by Gasteiger charge is 2.09. The van der Waals surface area contributed by atoms with Gasteiger partial charge in [0.15, 0.2) is 0 Å². The van der Waals surface area contributed by atoms with E-state index >= 15 is 0 Å². The Labute approximate surface area is 141 Å². The number of pyridine rings is 1. The van der Waals surface area contributed by atoms with Gasteiger partial charge in [-0.3, -0.25) is 4.79 Å². The van der Waals surface area contributed by atoms with Crippen LogP contribution in [0.2, 0.25) is 0 Å². The maximum absolute atomic E-state index is 12.1. The van der Waals surface area contributed by atoms with Gasteiger partial charge in [-0.25, -0.2) is 4.98 Å². The average Bonchev–Trinajstić information content (AvgIpc) is 2.58. The molecule has 2 aromatic rings. The highest BCUT2D eigenvalue weighted by molar-refractivity contribution is 9.10. The Balaban J connectivity index is 2.03. The number of anilines is 2. The van der Waals surface area contributed by atoms with Gasteiger partial charge in [0.2, 0.25) is 0 Å². The second-order valence-electron chi connectivity index (χ2n) is 4.36. The molecule has 0 spiro atoms. The lowest BCUT2D eigenvalue weighted by Gasteiger charge is -2.06. The molecule has 0 unspecified atom stereocenters. The van der Waals surface area contributed by atoms with Crippen molar-refractivity contribution < 1.29 is 9.53 Å². The molecule has 0 saturated heterocycles. The highest BCUT2D eigenvalue weighted by Crippen LogP contribution is 2.16. The van der Waals surface area contributed by atoms with Gasteiger partial charge in [0, 0.05) is 22.6 Å². The van der Waals surface area contributed by atoms with Crippen molar-refractivity contribution in [1.82, 2.24) is 4.98 Å². The summed E-state index contributed by atoms with van der Waals surface area (Å²) in [4.78, 5) is 16.2. The number of carbonyl (C=O) groups is 1.